The van der Waals surface area contributed by atoms with Crippen molar-refractivity contribution in [1.82, 2.24) is 4.90 Å². The van der Waals surface area contributed by atoms with Crippen LogP contribution < -0.4 is 0 Å². The summed E-state index contributed by atoms with van der Waals surface area (Å²) in [6, 6.07) is 2.19. The smallest absolute Gasteiger partial charge is 0.243 e. The van der Waals surface area contributed by atoms with Crippen LogP contribution in [0, 0.1) is 16.7 Å². The standard InChI is InChI=1S/C14H22N2O2/c15-11-14(7-3-4-8-14)13(18)16-9-5-1-2-6-12(16)10-17/h12,17H,1-10H2. The molecule has 2 fully saturated rings. The van der Waals surface area contributed by atoms with Crippen LogP contribution in [0.1, 0.15) is 51.4 Å². The fourth-order valence-corrected chi connectivity index (χ4v) is 3.26. The number of aliphatic hydroxyl groups excluding tert-OH is 1. The summed E-state index contributed by atoms with van der Waals surface area (Å²) in [7, 11) is 0. The lowest BCUT2D eigenvalue weighted by atomic mass is 9.85. The second kappa shape index (κ2) is 5.71. The lowest BCUT2D eigenvalue weighted by molar-refractivity contribution is -0.142. The van der Waals surface area contributed by atoms with Crippen molar-refractivity contribution in [3.8, 4) is 6.07 Å². The molecule has 0 bridgehead atoms. The molecule has 0 spiro atoms. The van der Waals surface area contributed by atoms with E-state index >= 15 is 0 Å². The van der Waals surface area contributed by atoms with Gasteiger partial charge in [-0.25, -0.2) is 0 Å². The molecule has 1 amide bonds. The first-order valence-electron chi connectivity index (χ1n) is 7.07. The van der Waals surface area contributed by atoms with E-state index in [0.29, 0.717) is 19.4 Å². The van der Waals surface area contributed by atoms with Crippen LogP contribution in [0.25, 0.3) is 0 Å². The fourth-order valence-electron chi connectivity index (χ4n) is 3.26. The van der Waals surface area contributed by atoms with E-state index in [-0.39, 0.29) is 18.6 Å². The first-order valence-corrected chi connectivity index (χ1v) is 7.07. The summed E-state index contributed by atoms with van der Waals surface area (Å²) in [6.45, 7) is 0.723. The second-order valence-electron chi connectivity index (χ2n) is 5.59. The molecule has 1 unspecified atom stereocenters. The first-order chi connectivity index (χ1) is 8.73. The van der Waals surface area contributed by atoms with Crippen molar-refractivity contribution in [2.75, 3.05) is 13.2 Å². The Morgan fingerprint density at radius 3 is 2.61 bits per heavy atom. The average molecular weight is 250 g/mol. The van der Waals surface area contributed by atoms with Crippen molar-refractivity contribution in [2.45, 2.75) is 57.4 Å². The molecule has 1 saturated carbocycles. The van der Waals surface area contributed by atoms with Crippen molar-refractivity contribution in [1.29, 1.82) is 5.26 Å². The minimum absolute atomic E-state index is 0.0211. The highest BCUT2D eigenvalue weighted by Gasteiger charge is 2.45. The molecule has 1 atom stereocenters. The Hall–Kier alpha value is -1.08. The molecule has 0 aromatic heterocycles. The van der Waals surface area contributed by atoms with Gasteiger partial charge in [0, 0.05) is 6.54 Å². The Balaban J connectivity index is 2.17. The van der Waals surface area contributed by atoms with Gasteiger partial charge < -0.3 is 10.0 Å². The number of carbonyl (C=O) groups is 1. The Bertz CT molecular complexity index is 342. The van der Waals surface area contributed by atoms with Crippen LogP contribution in [-0.2, 0) is 4.79 Å². The van der Waals surface area contributed by atoms with Crippen molar-refractivity contribution in [3.05, 3.63) is 0 Å². The number of hydrogen-bond acceptors (Lipinski definition) is 3. The first kappa shape index (κ1) is 13.4. The zero-order valence-electron chi connectivity index (χ0n) is 10.9. The third kappa shape index (κ3) is 2.37. The van der Waals surface area contributed by atoms with Gasteiger partial charge in [0.1, 0.15) is 5.41 Å². The summed E-state index contributed by atoms with van der Waals surface area (Å²) >= 11 is 0. The van der Waals surface area contributed by atoms with Gasteiger partial charge in [0.2, 0.25) is 5.91 Å². The van der Waals surface area contributed by atoms with Crippen LogP contribution in [0.5, 0.6) is 0 Å². The monoisotopic (exact) mass is 250 g/mol. The zero-order valence-corrected chi connectivity index (χ0v) is 10.9. The summed E-state index contributed by atoms with van der Waals surface area (Å²) in [5, 5.41) is 18.8. The number of nitrogens with zero attached hydrogens (tertiary/aromatic N) is 2. The lowest BCUT2D eigenvalue weighted by Gasteiger charge is -2.34. The molecule has 2 rings (SSSR count). The molecule has 4 heteroatoms. The Labute approximate surface area is 109 Å². The number of amides is 1. The second-order valence-corrected chi connectivity index (χ2v) is 5.59. The van der Waals surface area contributed by atoms with E-state index in [1.807, 2.05) is 0 Å². The van der Waals surface area contributed by atoms with Crippen LogP contribution in [0.4, 0.5) is 0 Å². The zero-order chi connectivity index (χ0) is 13.0. The van der Waals surface area contributed by atoms with Crippen LogP contribution in [0.15, 0.2) is 0 Å². The molecule has 100 valence electrons. The predicted molar refractivity (Wildman–Crippen MR) is 67.6 cm³/mol. The predicted octanol–water partition coefficient (Wildman–Crippen LogP) is 1.83. The van der Waals surface area contributed by atoms with Gasteiger partial charge in [-0.05, 0) is 25.7 Å². The third-order valence-electron chi connectivity index (χ3n) is 4.43. The van der Waals surface area contributed by atoms with Crippen LogP contribution in [-0.4, -0.2) is 35.1 Å². The average Bonchev–Trinajstić information content (AvgIpc) is 2.77. The van der Waals surface area contributed by atoms with Gasteiger partial charge in [-0.15, -0.1) is 0 Å². The van der Waals surface area contributed by atoms with Crippen molar-refractivity contribution in [2.24, 2.45) is 5.41 Å². The van der Waals surface area contributed by atoms with E-state index in [9.17, 15) is 15.2 Å². The third-order valence-corrected chi connectivity index (χ3v) is 4.43. The summed E-state index contributed by atoms with van der Waals surface area (Å²) < 4.78 is 0. The van der Waals surface area contributed by atoms with Gasteiger partial charge in [-0.2, -0.15) is 5.26 Å². The molecule has 1 heterocycles. The molecule has 18 heavy (non-hydrogen) atoms. The summed E-state index contributed by atoms with van der Waals surface area (Å²) in [5.74, 6) is -0.0246. The number of hydrogen-bond donors (Lipinski definition) is 1. The number of rotatable bonds is 2. The molecule has 1 aliphatic carbocycles. The van der Waals surface area contributed by atoms with Crippen LogP contribution in [0.3, 0.4) is 0 Å². The van der Waals surface area contributed by atoms with Gasteiger partial charge >= 0.3 is 0 Å². The van der Waals surface area contributed by atoms with Gasteiger partial charge in [-0.1, -0.05) is 25.7 Å². The van der Waals surface area contributed by atoms with E-state index in [1.54, 1.807) is 4.90 Å². The largest absolute Gasteiger partial charge is 0.394 e. The van der Waals surface area contributed by atoms with E-state index in [4.69, 9.17) is 0 Å². The summed E-state index contributed by atoms with van der Waals surface area (Å²) in [5.41, 5.74) is -0.794. The molecule has 2 aliphatic rings. The highest BCUT2D eigenvalue weighted by Crippen LogP contribution is 2.40. The molecular weight excluding hydrogens is 228 g/mol. The Morgan fingerprint density at radius 2 is 2.00 bits per heavy atom. The number of nitriles is 1. The van der Waals surface area contributed by atoms with Crippen LogP contribution >= 0.6 is 0 Å². The topological polar surface area (TPSA) is 64.3 Å². The molecule has 0 aromatic carbocycles. The minimum atomic E-state index is -0.794. The van der Waals surface area contributed by atoms with Crippen molar-refractivity contribution >= 4 is 5.91 Å². The normalized spacial score (nSPS) is 27.6. The molecular formula is C14H22N2O2. The van der Waals surface area contributed by atoms with Gasteiger partial charge in [-0.3, -0.25) is 4.79 Å². The van der Waals surface area contributed by atoms with Crippen LogP contribution in [0.2, 0.25) is 0 Å². The number of likely N-dealkylation sites (tertiary alicyclic amines) is 1. The van der Waals surface area contributed by atoms with Gasteiger partial charge in [0.05, 0.1) is 18.7 Å². The number of aliphatic hydroxyl groups is 1. The summed E-state index contributed by atoms with van der Waals surface area (Å²) in [6.07, 6.45) is 7.35. The highest BCUT2D eigenvalue weighted by molar-refractivity contribution is 5.86. The van der Waals surface area contributed by atoms with E-state index < -0.39 is 5.41 Å². The maximum atomic E-state index is 12.7. The highest BCUT2D eigenvalue weighted by atomic mass is 16.3. The van der Waals surface area contributed by atoms with E-state index in [2.05, 4.69) is 6.07 Å². The van der Waals surface area contributed by atoms with Gasteiger partial charge in [0.25, 0.3) is 0 Å². The fraction of sp³-hybridized carbons (Fsp3) is 0.857. The molecule has 0 aromatic rings. The Kier molecular flexibility index (Phi) is 4.23. The van der Waals surface area contributed by atoms with Gasteiger partial charge in [0.15, 0.2) is 0 Å². The molecule has 1 aliphatic heterocycles. The van der Waals surface area contributed by atoms with E-state index in [1.165, 1.54) is 0 Å². The molecule has 4 nitrogen and oxygen atoms in total. The Morgan fingerprint density at radius 1 is 1.28 bits per heavy atom. The lowest BCUT2D eigenvalue weighted by Crippen LogP contribution is -2.48. The molecule has 1 N–H and O–H groups in total. The molecule has 0 radical (unpaired) electrons. The SMILES string of the molecule is N#CC1(C(=O)N2CCCCCC2CO)CCCC1. The maximum absolute atomic E-state index is 12.7. The van der Waals surface area contributed by atoms with E-state index in [0.717, 1.165) is 38.5 Å². The summed E-state index contributed by atoms with van der Waals surface area (Å²) in [4.78, 5) is 14.5. The molecule has 1 saturated heterocycles. The number of carbonyl (C=O) groups excluding carboxylic acids is 1. The quantitative estimate of drug-likeness (QED) is 0.813. The maximum Gasteiger partial charge on any atom is 0.243 e. The van der Waals surface area contributed by atoms with Crippen molar-refractivity contribution < 1.29 is 9.90 Å². The minimum Gasteiger partial charge on any atom is -0.394 e. The van der Waals surface area contributed by atoms with Crippen molar-refractivity contribution in [3.63, 3.8) is 0 Å².